The minimum absolute atomic E-state index is 0.466. The van der Waals surface area contributed by atoms with Gasteiger partial charge < -0.3 is 0 Å². The lowest BCUT2D eigenvalue weighted by molar-refractivity contribution is 0.903. The second kappa shape index (κ2) is 5.71. The van der Waals surface area contributed by atoms with Crippen molar-refractivity contribution in [3.05, 3.63) is 45.7 Å². The first-order valence-corrected chi connectivity index (χ1v) is 7.77. The summed E-state index contributed by atoms with van der Waals surface area (Å²) in [5, 5.41) is 0.932. The van der Waals surface area contributed by atoms with E-state index in [1.165, 1.54) is 18.4 Å². The molecule has 0 amide bonds. The lowest BCUT2D eigenvalue weighted by Crippen LogP contribution is -1.97. The highest BCUT2D eigenvalue weighted by atomic mass is 35.5. The molecule has 0 N–H and O–H groups in total. The van der Waals surface area contributed by atoms with Crippen molar-refractivity contribution in [2.24, 2.45) is 0 Å². The summed E-state index contributed by atoms with van der Waals surface area (Å²) in [5.41, 5.74) is 3.20. The highest BCUT2D eigenvalue weighted by Crippen LogP contribution is 2.40. The van der Waals surface area contributed by atoms with Gasteiger partial charge in [-0.25, -0.2) is 9.97 Å². The Bertz CT molecular complexity index is 596. The average Bonchev–Trinajstić information content (AvgIpc) is 3.27. The number of rotatable bonds is 4. The highest BCUT2D eigenvalue weighted by Gasteiger charge is 2.23. The summed E-state index contributed by atoms with van der Waals surface area (Å²) >= 11 is 12.4. The zero-order chi connectivity index (χ0) is 14.1. The predicted octanol–water partition coefficient (Wildman–Crippen LogP) is 5.28. The molecule has 1 heterocycles. The minimum Gasteiger partial charge on any atom is -0.216 e. The fourth-order valence-electron chi connectivity index (χ4n) is 2.34. The van der Waals surface area contributed by atoms with Crippen molar-refractivity contribution >= 4 is 23.2 Å². The first-order chi connectivity index (χ1) is 9.69. The minimum atomic E-state index is 0.466. The molecule has 0 bridgehead atoms. The second-order valence-corrected chi connectivity index (χ2v) is 5.97. The molecule has 1 aromatic carbocycles. The van der Waals surface area contributed by atoms with Crippen LogP contribution in [0.4, 0.5) is 0 Å². The molecular weight excluding hydrogens is 291 g/mol. The standard InChI is InChI=1S/C16H16Cl2N2/c1-2-3-13-14(17)19-16(20-15(13)18)12-8-6-11(7-9-12)10-4-5-10/h6-10H,2-5H2,1H3. The van der Waals surface area contributed by atoms with Crippen molar-refractivity contribution in [3.63, 3.8) is 0 Å². The largest absolute Gasteiger partial charge is 0.216 e. The number of hydrogen-bond donors (Lipinski definition) is 0. The van der Waals surface area contributed by atoms with Gasteiger partial charge in [-0.2, -0.15) is 0 Å². The van der Waals surface area contributed by atoms with Crippen LogP contribution in [0, 0.1) is 0 Å². The zero-order valence-corrected chi connectivity index (χ0v) is 12.9. The summed E-state index contributed by atoms with van der Waals surface area (Å²) in [5.74, 6) is 1.35. The van der Waals surface area contributed by atoms with Crippen molar-refractivity contribution in [2.45, 2.75) is 38.5 Å². The maximum Gasteiger partial charge on any atom is 0.162 e. The van der Waals surface area contributed by atoms with Gasteiger partial charge in [-0.05, 0) is 30.7 Å². The van der Waals surface area contributed by atoms with Gasteiger partial charge in [0.1, 0.15) is 10.3 Å². The molecule has 2 nitrogen and oxygen atoms in total. The van der Waals surface area contributed by atoms with Crippen LogP contribution < -0.4 is 0 Å². The molecule has 1 fully saturated rings. The van der Waals surface area contributed by atoms with E-state index in [9.17, 15) is 0 Å². The van der Waals surface area contributed by atoms with Crippen LogP contribution in [0.3, 0.4) is 0 Å². The lowest BCUT2D eigenvalue weighted by Gasteiger charge is -2.08. The Morgan fingerprint density at radius 3 is 2.15 bits per heavy atom. The van der Waals surface area contributed by atoms with Gasteiger partial charge in [0.2, 0.25) is 0 Å². The molecule has 0 atom stereocenters. The van der Waals surface area contributed by atoms with Crippen LogP contribution in [-0.4, -0.2) is 9.97 Å². The van der Waals surface area contributed by atoms with E-state index < -0.39 is 0 Å². The van der Waals surface area contributed by atoms with Crippen LogP contribution in [0.5, 0.6) is 0 Å². The molecule has 0 saturated heterocycles. The molecule has 0 aliphatic heterocycles. The van der Waals surface area contributed by atoms with Crippen LogP contribution >= 0.6 is 23.2 Å². The predicted molar refractivity (Wildman–Crippen MR) is 83.5 cm³/mol. The first-order valence-electron chi connectivity index (χ1n) is 7.01. The molecule has 2 aromatic rings. The zero-order valence-electron chi connectivity index (χ0n) is 11.4. The van der Waals surface area contributed by atoms with E-state index in [-0.39, 0.29) is 0 Å². The molecule has 1 aliphatic carbocycles. The summed E-state index contributed by atoms with van der Waals surface area (Å²) < 4.78 is 0. The summed E-state index contributed by atoms with van der Waals surface area (Å²) in [7, 11) is 0. The van der Waals surface area contributed by atoms with E-state index in [2.05, 4.69) is 41.2 Å². The summed E-state index contributed by atoms with van der Waals surface area (Å²) in [4.78, 5) is 8.77. The summed E-state index contributed by atoms with van der Waals surface area (Å²) in [6, 6.07) is 8.40. The van der Waals surface area contributed by atoms with Crippen molar-refractivity contribution in [3.8, 4) is 11.4 Å². The van der Waals surface area contributed by atoms with Gasteiger partial charge in [-0.15, -0.1) is 0 Å². The van der Waals surface area contributed by atoms with Crippen molar-refractivity contribution in [2.75, 3.05) is 0 Å². The topological polar surface area (TPSA) is 25.8 Å². The Hall–Kier alpha value is -1.12. The van der Waals surface area contributed by atoms with E-state index in [1.807, 2.05) is 0 Å². The molecule has 0 unspecified atom stereocenters. The first kappa shape index (κ1) is 13.8. The van der Waals surface area contributed by atoms with Gasteiger partial charge in [0, 0.05) is 11.1 Å². The molecule has 3 rings (SSSR count). The van der Waals surface area contributed by atoms with Gasteiger partial charge in [0.25, 0.3) is 0 Å². The Balaban J connectivity index is 1.93. The van der Waals surface area contributed by atoms with Crippen molar-refractivity contribution in [1.29, 1.82) is 0 Å². The van der Waals surface area contributed by atoms with Crippen LogP contribution in [0.1, 0.15) is 43.2 Å². The molecule has 0 spiro atoms. The molecule has 0 radical (unpaired) electrons. The van der Waals surface area contributed by atoms with Crippen LogP contribution in [0.15, 0.2) is 24.3 Å². The molecular formula is C16H16Cl2N2. The maximum absolute atomic E-state index is 6.22. The Morgan fingerprint density at radius 2 is 1.65 bits per heavy atom. The summed E-state index contributed by atoms with van der Waals surface area (Å²) in [6.45, 7) is 2.08. The van der Waals surface area contributed by atoms with E-state index in [1.54, 1.807) is 0 Å². The van der Waals surface area contributed by atoms with Crippen LogP contribution in [-0.2, 0) is 6.42 Å². The monoisotopic (exact) mass is 306 g/mol. The fourth-order valence-corrected chi connectivity index (χ4v) is 2.91. The third-order valence-electron chi connectivity index (χ3n) is 3.62. The quantitative estimate of drug-likeness (QED) is 0.718. The molecule has 4 heteroatoms. The number of nitrogens with zero attached hydrogens (tertiary/aromatic N) is 2. The second-order valence-electron chi connectivity index (χ2n) is 5.25. The van der Waals surface area contributed by atoms with Gasteiger partial charge in [0.05, 0.1) is 0 Å². The normalized spacial score (nSPS) is 14.6. The average molecular weight is 307 g/mol. The highest BCUT2D eigenvalue weighted by molar-refractivity contribution is 6.34. The van der Waals surface area contributed by atoms with Crippen molar-refractivity contribution < 1.29 is 0 Å². The third kappa shape index (κ3) is 2.82. The number of benzene rings is 1. The van der Waals surface area contributed by atoms with Gasteiger partial charge >= 0.3 is 0 Å². The van der Waals surface area contributed by atoms with Gasteiger partial charge in [0.15, 0.2) is 5.82 Å². The molecule has 104 valence electrons. The van der Waals surface area contributed by atoms with Gasteiger partial charge in [-0.1, -0.05) is 60.8 Å². The molecule has 1 aromatic heterocycles. The van der Waals surface area contributed by atoms with Crippen LogP contribution in [0.25, 0.3) is 11.4 Å². The molecule has 1 saturated carbocycles. The number of halogens is 2. The SMILES string of the molecule is CCCc1c(Cl)nc(-c2ccc(C3CC3)cc2)nc1Cl. The van der Waals surface area contributed by atoms with Gasteiger partial charge in [-0.3, -0.25) is 0 Å². The Kier molecular flexibility index (Phi) is 3.95. The van der Waals surface area contributed by atoms with E-state index >= 15 is 0 Å². The molecule has 20 heavy (non-hydrogen) atoms. The third-order valence-corrected chi connectivity index (χ3v) is 4.25. The summed E-state index contributed by atoms with van der Waals surface area (Å²) in [6.07, 6.45) is 4.38. The van der Waals surface area contributed by atoms with E-state index in [0.717, 1.165) is 29.9 Å². The Labute approximate surface area is 129 Å². The maximum atomic E-state index is 6.22. The van der Waals surface area contributed by atoms with Crippen molar-refractivity contribution in [1.82, 2.24) is 9.97 Å². The Morgan fingerprint density at radius 1 is 1.05 bits per heavy atom. The fraction of sp³-hybridized carbons (Fsp3) is 0.375. The van der Waals surface area contributed by atoms with E-state index in [4.69, 9.17) is 23.2 Å². The molecule has 1 aliphatic rings. The van der Waals surface area contributed by atoms with E-state index in [0.29, 0.717) is 16.1 Å². The number of hydrogen-bond acceptors (Lipinski definition) is 2. The van der Waals surface area contributed by atoms with Crippen LogP contribution in [0.2, 0.25) is 10.3 Å². The lowest BCUT2D eigenvalue weighted by atomic mass is 10.1. The smallest absolute Gasteiger partial charge is 0.162 e. The number of aromatic nitrogens is 2.